The van der Waals surface area contributed by atoms with Gasteiger partial charge in [0.05, 0.1) is 6.61 Å². The number of H-pyrrole nitrogens is 1. The van der Waals surface area contributed by atoms with Crippen molar-refractivity contribution in [2.24, 2.45) is 0 Å². The third-order valence-electron chi connectivity index (χ3n) is 2.78. The Morgan fingerprint density at radius 2 is 2.21 bits per heavy atom. The molecule has 0 spiro atoms. The van der Waals surface area contributed by atoms with Crippen molar-refractivity contribution in [3.63, 3.8) is 0 Å². The second kappa shape index (κ2) is 5.53. The van der Waals surface area contributed by atoms with E-state index in [1.165, 1.54) is 7.11 Å². The molecule has 6 nitrogen and oxygen atoms in total. The molecule has 0 bridgehead atoms. The van der Waals surface area contributed by atoms with Gasteiger partial charge in [-0.15, -0.1) is 0 Å². The van der Waals surface area contributed by atoms with Crippen molar-refractivity contribution in [3.05, 3.63) is 36.0 Å². The fraction of sp³-hybridized carbons (Fsp3) is 0.231. The van der Waals surface area contributed by atoms with Crippen molar-refractivity contribution >= 4 is 22.8 Å². The van der Waals surface area contributed by atoms with Crippen LogP contribution in [0.15, 0.2) is 30.5 Å². The number of amides is 1. The number of carboxylic acid groups (broad SMARTS) is 1. The fourth-order valence-electron chi connectivity index (χ4n) is 1.86. The number of nitrogens with one attached hydrogen (secondary N) is 2. The molecule has 0 saturated carbocycles. The number of carbonyl (C=O) groups is 2. The summed E-state index contributed by atoms with van der Waals surface area (Å²) in [5, 5.41) is 12.2. The number of aromatic nitrogens is 1. The summed E-state index contributed by atoms with van der Waals surface area (Å²) in [7, 11) is 1.38. The number of hydrogen-bond acceptors (Lipinski definition) is 3. The third kappa shape index (κ3) is 2.74. The van der Waals surface area contributed by atoms with Gasteiger partial charge < -0.3 is 20.1 Å². The number of aromatic amines is 1. The first kappa shape index (κ1) is 13.1. The summed E-state index contributed by atoms with van der Waals surface area (Å²) in [6, 6.07) is 5.94. The molecule has 0 aliphatic heterocycles. The molecule has 0 radical (unpaired) electrons. The van der Waals surface area contributed by atoms with E-state index in [-0.39, 0.29) is 6.61 Å². The van der Waals surface area contributed by atoms with E-state index in [1.54, 1.807) is 24.4 Å². The molecule has 1 aromatic heterocycles. The highest BCUT2D eigenvalue weighted by atomic mass is 16.5. The number of benzene rings is 1. The predicted molar refractivity (Wildman–Crippen MR) is 69.1 cm³/mol. The van der Waals surface area contributed by atoms with E-state index in [2.05, 4.69) is 10.3 Å². The lowest BCUT2D eigenvalue weighted by atomic mass is 10.1. The first-order valence-corrected chi connectivity index (χ1v) is 5.72. The van der Waals surface area contributed by atoms with Crippen LogP contribution in [-0.2, 0) is 9.53 Å². The van der Waals surface area contributed by atoms with Gasteiger partial charge in [0.2, 0.25) is 0 Å². The van der Waals surface area contributed by atoms with Crippen LogP contribution in [0.5, 0.6) is 0 Å². The van der Waals surface area contributed by atoms with Gasteiger partial charge in [-0.25, -0.2) is 4.79 Å². The number of fused-ring (bicyclic) bond motifs is 1. The molecular formula is C13H14N2O4. The fourth-order valence-corrected chi connectivity index (χ4v) is 1.86. The maximum atomic E-state index is 12.1. The quantitative estimate of drug-likeness (QED) is 0.749. The zero-order valence-electron chi connectivity index (χ0n) is 10.3. The Bertz CT molecular complexity index is 605. The molecule has 0 aliphatic rings. The average Bonchev–Trinajstić information content (AvgIpc) is 2.85. The predicted octanol–water partition coefficient (Wildman–Crippen LogP) is 0.997. The lowest BCUT2D eigenvalue weighted by Gasteiger charge is -2.13. The van der Waals surface area contributed by atoms with Gasteiger partial charge in [0.15, 0.2) is 6.04 Å². The van der Waals surface area contributed by atoms with Crippen LogP contribution in [0, 0.1) is 0 Å². The number of carbonyl (C=O) groups excluding carboxylic acids is 1. The van der Waals surface area contributed by atoms with Gasteiger partial charge in [0.25, 0.3) is 5.91 Å². The van der Waals surface area contributed by atoms with E-state index in [0.29, 0.717) is 5.56 Å². The van der Waals surface area contributed by atoms with Crippen molar-refractivity contribution in [1.82, 2.24) is 10.3 Å². The molecule has 1 amide bonds. The van der Waals surface area contributed by atoms with Crippen LogP contribution in [0.3, 0.4) is 0 Å². The summed E-state index contributed by atoms with van der Waals surface area (Å²) in [6.45, 7) is -0.0792. The van der Waals surface area contributed by atoms with E-state index in [9.17, 15) is 9.59 Å². The van der Waals surface area contributed by atoms with E-state index in [4.69, 9.17) is 9.84 Å². The lowest BCUT2D eigenvalue weighted by Crippen LogP contribution is -2.43. The topological polar surface area (TPSA) is 91.4 Å². The maximum absolute atomic E-state index is 12.1. The van der Waals surface area contributed by atoms with E-state index in [1.807, 2.05) is 6.07 Å². The van der Waals surface area contributed by atoms with Crippen LogP contribution in [-0.4, -0.2) is 41.7 Å². The Kier molecular flexibility index (Phi) is 3.82. The van der Waals surface area contributed by atoms with Crippen LogP contribution in [0.25, 0.3) is 10.9 Å². The summed E-state index contributed by atoms with van der Waals surface area (Å²) in [4.78, 5) is 26.1. The highest BCUT2D eigenvalue weighted by Crippen LogP contribution is 2.17. The maximum Gasteiger partial charge on any atom is 0.328 e. The van der Waals surface area contributed by atoms with Crippen molar-refractivity contribution in [2.75, 3.05) is 13.7 Å². The van der Waals surface area contributed by atoms with Gasteiger partial charge in [-0.1, -0.05) is 6.07 Å². The molecule has 0 fully saturated rings. The Labute approximate surface area is 109 Å². The average molecular weight is 262 g/mol. The summed E-state index contributed by atoms with van der Waals surface area (Å²) in [6.07, 6.45) is 1.73. The zero-order valence-corrected chi connectivity index (χ0v) is 10.3. The molecule has 100 valence electrons. The molecule has 0 saturated heterocycles. The highest BCUT2D eigenvalue weighted by Gasteiger charge is 2.21. The van der Waals surface area contributed by atoms with Crippen LogP contribution in [0.2, 0.25) is 0 Å². The number of rotatable bonds is 5. The van der Waals surface area contributed by atoms with Gasteiger partial charge in [-0.05, 0) is 18.2 Å². The largest absolute Gasteiger partial charge is 0.480 e. The molecule has 2 aromatic rings. The SMILES string of the molecule is COCC(NC(=O)c1cccc2[nH]ccc12)C(=O)O. The summed E-state index contributed by atoms with van der Waals surface area (Å²) < 4.78 is 4.77. The molecule has 1 unspecified atom stereocenters. The second-order valence-corrected chi connectivity index (χ2v) is 4.06. The molecule has 0 aliphatic carbocycles. The lowest BCUT2D eigenvalue weighted by molar-refractivity contribution is -0.140. The Morgan fingerprint density at radius 1 is 1.42 bits per heavy atom. The van der Waals surface area contributed by atoms with E-state index >= 15 is 0 Å². The van der Waals surface area contributed by atoms with Gasteiger partial charge in [0.1, 0.15) is 0 Å². The van der Waals surface area contributed by atoms with E-state index < -0.39 is 17.9 Å². The summed E-state index contributed by atoms with van der Waals surface area (Å²) in [5.41, 5.74) is 1.26. The number of methoxy groups -OCH3 is 1. The van der Waals surface area contributed by atoms with Crippen LogP contribution in [0.4, 0.5) is 0 Å². The Morgan fingerprint density at radius 3 is 2.89 bits per heavy atom. The summed E-state index contributed by atoms with van der Waals surface area (Å²) in [5.74, 6) is -1.56. The molecule has 19 heavy (non-hydrogen) atoms. The van der Waals surface area contributed by atoms with Crippen molar-refractivity contribution in [2.45, 2.75) is 6.04 Å². The van der Waals surface area contributed by atoms with Gasteiger partial charge >= 0.3 is 5.97 Å². The van der Waals surface area contributed by atoms with Crippen LogP contribution in [0.1, 0.15) is 10.4 Å². The third-order valence-corrected chi connectivity index (χ3v) is 2.78. The van der Waals surface area contributed by atoms with E-state index in [0.717, 1.165) is 10.9 Å². The number of ether oxygens (including phenoxy) is 1. The van der Waals surface area contributed by atoms with Crippen LogP contribution < -0.4 is 5.32 Å². The molecule has 2 rings (SSSR count). The number of aliphatic carboxylic acids is 1. The van der Waals surface area contributed by atoms with Crippen LogP contribution >= 0.6 is 0 Å². The molecular weight excluding hydrogens is 248 g/mol. The normalized spacial score (nSPS) is 12.3. The van der Waals surface area contributed by atoms with Crippen molar-refractivity contribution < 1.29 is 19.4 Å². The van der Waals surface area contributed by atoms with Gasteiger partial charge in [-0.3, -0.25) is 4.79 Å². The minimum atomic E-state index is -1.13. The Balaban J connectivity index is 2.24. The molecule has 3 N–H and O–H groups in total. The first-order chi connectivity index (χ1) is 9.13. The van der Waals surface area contributed by atoms with Crippen molar-refractivity contribution in [3.8, 4) is 0 Å². The second-order valence-electron chi connectivity index (χ2n) is 4.06. The zero-order chi connectivity index (χ0) is 13.8. The highest BCUT2D eigenvalue weighted by molar-refractivity contribution is 6.07. The van der Waals surface area contributed by atoms with Gasteiger partial charge in [0, 0.05) is 29.8 Å². The smallest absolute Gasteiger partial charge is 0.328 e. The molecule has 6 heteroatoms. The Hall–Kier alpha value is -2.34. The monoisotopic (exact) mass is 262 g/mol. The minimum Gasteiger partial charge on any atom is -0.480 e. The minimum absolute atomic E-state index is 0.0792. The molecule has 1 heterocycles. The first-order valence-electron chi connectivity index (χ1n) is 5.72. The van der Waals surface area contributed by atoms with Crippen molar-refractivity contribution in [1.29, 1.82) is 0 Å². The summed E-state index contributed by atoms with van der Waals surface area (Å²) >= 11 is 0. The number of carboxylic acids is 1. The molecule has 1 atom stereocenters. The number of hydrogen-bond donors (Lipinski definition) is 3. The van der Waals surface area contributed by atoms with Gasteiger partial charge in [-0.2, -0.15) is 0 Å². The standard InChI is InChI=1S/C13H14N2O4/c1-19-7-11(13(17)18)15-12(16)9-3-2-4-10-8(9)5-6-14-10/h2-6,11,14H,7H2,1H3,(H,15,16)(H,17,18). The molecule has 1 aromatic carbocycles.